The van der Waals surface area contributed by atoms with Gasteiger partial charge < -0.3 is 4.90 Å². The Hall–Kier alpha value is 0.200. The lowest BCUT2D eigenvalue weighted by molar-refractivity contribution is 0.486. The summed E-state index contributed by atoms with van der Waals surface area (Å²) in [5.41, 5.74) is 0. The van der Waals surface area contributed by atoms with Crippen LogP contribution in [0.25, 0.3) is 0 Å². The van der Waals surface area contributed by atoms with E-state index in [0.29, 0.717) is 0 Å². The lowest BCUT2D eigenvalue weighted by Crippen LogP contribution is -2.20. The van der Waals surface area contributed by atoms with E-state index in [1.807, 2.05) is 33.1 Å². The van der Waals surface area contributed by atoms with E-state index in [4.69, 9.17) is 12.2 Å². The first-order valence-corrected chi connectivity index (χ1v) is 4.42. The highest BCUT2D eigenvalue weighted by atomic mass is 32.2. The van der Waals surface area contributed by atoms with Crippen molar-refractivity contribution in [3.8, 4) is 0 Å². The number of rotatable bonds is 2. The quantitative estimate of drug-likeness (QED) is 0.461. The Morgan fingerprint density at radius 2 is 1.80 bits per heavy atom. The van der Waals surface area contributed by atoms with Crippen LogP contribution >= 0.6 is 24.0 Å². The van der Waals surface area contributed by atoms with Crippen molar-refractivity contribution in [2.24, 2.45) is 0 Å². The zero-order valence-corrected chi connectivity index (χ0v) is 8.55. The Bertz CT molecular complexity index is 112. The van der Waals surface area contributed by atoms with Gasteiger partial charge >= 0.3 is 0 Å². The van der Waals surface area contributed by atoms with Crippen LogP contribution in [0.4, 0.5) is 0 Å². The van der Waals surface area contributed by atoms with Gasteiger partial charge in [-0.15, -0.1) is 0 Å². The topological polar surface area (TPSA) is 6.48 Å². The molecule has 2 nitrogen and oxygen atoms in total. The van der Waals surface area contributed by atoms with Crippen LogP contribution in [-0.4, -0.2) is 48.2 Å². The van der Waals surface area contributed by atoms with E-state index in [2.05, 4.69) is 4.90 Å². The van der Waals surface area contributed by atoms with Crippen molar-refractivity contribution in [1.82, 2.24) is 9.80 Å². The average Bonchev–Trinajstić information content (AvgIpc) is 1.82. The van der Waals surface area contributed by atoms with Gasteiger partial charge in [-0.25, -0.2) is 0 Å². The van der Waals surface area contributed by atoms with Gasteiger partial charge in [0.15, 0.2) is 0 Å². The number of hydrogen-bond donors (Lipinski definition) is 0. The van der Waals surface area contributed by atoms with E-state index in [0.717, 1.165) is 10.2 Å². The fourth-order valence-corrected chi connectivity index (χ4v) is 1.10. The molecule has 0 N–H and O–H groups in total. The van der Waals surface area contributed by atoms with E-state index in [9.17, 15) is 0 Å². The molecule has 0 aromatic carbocycles. The molecule has 0 fully saturated rings. The maximum absolute atomic E-state index is 5.06. The smallest absolute Gasteiger partial charge is 0.137 e. The van der Waals surface area contributed by atoms with E-state index < -0.39 is 0 Å². The molecule has 0 bridgehead atoms. The van der Waals surface area contributed by atoms with Crippen molar-refractivity contribution in [3.05, 3.63) is 0 Å². The number of hydrogen-bond acceptors (Lipinski definition) is 3. The largest absolute Gasteiger partial charge is 0.364 e. The van der Waals surface area contributed by atoms with Gasteiger partial charge in [-0.05, 0) is 14.1 Å². The second-order valence-electron chi connectivity index (χ2n) is 2.51. The molecule has 60 valence electrons. The first-order chi connectivity index (χ1) is 4.54. The second kappa shape index (κ2) is 4.93. The van der Waals surface area contributed by atoms with Crippen molar-refractivity contribution in [2.75, 3.05) is 34.1 Å². The van der Waals surface area contributed by atoms with Crippen molar-refractivity contribution in [2.45, 2.75) is 0 Å². The second-order valence-corrected chi connectivity index (χ2v) is 4.09. The minimum atomic E-state index is 0.939. The Labute approximate surface area is 72.6 Å². The molecule has 0 saturated carbocycles. The van der Waals surface area contributed by atoms with Crippen LogP contribution in [0, 0.1) is 0 Å². The predicted octanol–water partition coefficient (Wildman–Crippen LogP) is 1.09. The highest BCUT2D eigenvalue weighted by Gasteiger charge is 1.98. The molecule has 0 saturated heterocycles. The zero-order chi connectivity index (χ0) is 8.15. The molecule has 0 atom stereocenters. The van der Waals surface area contributed by atoms with Crippen LogP contribution in [0.2, 0.25) is 0 Å². The minimum Gasteiger partial charge on any atom is -0.364 e. The highest BCUT2D eigenvalue weighted by Crippen LogP contribution is 2.06. The van der Waals surface area contributed by atoms with Crippen LogP contribution in [0.5, 0.6) is 0 Å². The summed E-state index contributed by atoms with van der Waals surface area (Å²) < 4.78 is 0.939. The van der Waals surface area contributed by atoms with Gasteiger partial charge in [0.25, 0.3) is 0 Å². The van der Waals surface area contributed by atoms with Crippen LogP contribution in [0.1, 0.15) is 0 Å². The first-order valence-electron chi connectivity index (χ1n) is 3.03. The molecule has 0 aliphatic carbocycles. The van der Waals surface area contributed by atoms with E-state index in [1.165, 1.54) is 0 Å². The third kappa shape index (κ3) is 5.02. The Kier molecular flexibility index (Phi) is 5.03. The lowest BCUT2D eigenvalue weighted by Gasteiger charge is -2.14. The Morgan fingerprint density at radius 3 is 2.10 bits per heavy atom. The fourth-order valence-electron chi connectivity index (χ4n) is 0.313. The van der Waals surface area contributed by atoms with Crippen LogP contribution in [0.3, 0.4) is 0 Å². The van der Waals surface area contributed by atoms with E-state index in [-0.39, 0.29) is 0 Å². The van der Waals surface area contributed by atoms with Gasteiger partial charge in [-0.1, -0.05) is 24.0 Å². The maximum Gasteiger partial charge on any atom is 0.137 e. The normalized spacial score (nSPS) is 10.1. The summed E-state index contributed by atoms with van der Waals surface area (Å²) >= 11 is 6.73. The number of nitrogens with zero attached hydrogens (tertiary/aromatic N) is 2. The van der Waals surface area contributed by atoms with E-state index in [1.54, 1.807) is 11.8 Å². The van der Waals surface area contributed by atoms with Crippen LogP contribution in [0.15, 0.2) is 0 Å². The Balaban J connectivity index is 3.40. The first kappa shape index (κ1) is 10.2. The highest BCUT2D eigenvalue weighted by molar-refractivity contribution is 8.22. The van der Waals surface area contributed by atoms with Gasteiger partial charge in [-0.3, -0.25) is 4.90 Å². The molecule has 0 aliphatic rings. The van der Waals surface area contributed by atoms with Crippen molar-refractivity contribution >= 4 is 28.3 Å². The molecule has 10 heavy (non-hydrogen) atoms. The Morgan fingerprint density at radius 1 is 1.30 bits per heavy atom. The SMILES string of the molecule is CN(C)CSC(=S)N(C)C. The predicted molar refractivity (Wildman–Crippen MR) is 52.4 cm³/mol. The molecule has 0 rings (SSSR count). The molecular weight excluding hydrogens is 164 g/mol. The third-order valence-electron chi connectivity index (χ3n) is 0.811. The molecule has 0 spiro atoms. The molecule has 0 radical (unpaired) electrons. The molecule has 0 heterocycles. The van der Waals surface area contributed by atoms with Crippen molar-refractivity contribution in [1.29, 1.82) is 0 Å². The van der Waals surface area contributed by atoms with Gasteiger partial charge in [0.05, 0.1) is 5.88 Å². The molecule has 4 heteroatoms. The summed E-state index contributed by atoms with van der Waals surface area (Å²) in [5.74, 6) is 0.955. The number of thioether (sulfide) groups is 1. The molecule has 0 aliphatic heterocycles. The number of thiocarbonyl (C=S) groups is 1. The summed E-state index contributed by atoms with van der Waals surface area (Å²) in [4.78, 5) is 4.05. The molecule has 0 unspecified atom stereocenters. The maximum atomic E-state index is 5.06. The average molecular weight is 178 g/mol. The summed E-state index contributed by atoms with van der Waals surface area (Å²) in [7, 11) is 7.99. The zero-order valence-electron chi connectivity index (χ0n) is 6.92. The summed E-state index contributed by atoms with van der Waals surface area (Å²) in [5, 5.41) is 0. The van der Waals surface area contributed by atoms with Gasteiger partial charge in [0.2, 0.25) is 0 Å². The molecule has 0 amide bonds. The van der Waals surface area contributed by atoms with Gasteiger partial charge in [-0.2, -0.15) is 0 Å². The van der Waals surface area contributed by atoms with Gasteiger partial charge in [0.1, 0.15) is 4.32 Å². The molecular formula is C6H14N2S2. The molecule has 0 aromatic heterocycles. The van der Waals surface area contributed by atoms with E-state index >= 15 is 0 Å². The summed E-state index contributed by atoms with van der Waals surface area (Å²) in [6.45, 7) is 0. The van der Waals surface area contributed by atoms with Gasteiger partial charge in [0, 0.05) is 14.1 Å². The van der Waals surface area contributed by atoms with Crippen LogP contribution in [-0.2, 0) is 0 Å². The summed E-state index contributed by atoms with van der Waals surface area (Å²) in [6, 6.07) is 0. The summed E-state index contributed by atoms with van der Waals surface area (Å²) in [6.07, 6.45) is 0. The lowest BCUT2D eigenvalue weighted by atomic mass is 11.0. The van der Waals surface area contributed by atoms with Crippen molar-refractivity contribution in [3.63, 3.8) is 0 Å². The minimum absolute atomic E-state index is 0.939. The van der Waals surface area contributed by atoms with Crippen molar-refractivity contribution < 1.29 is 0 Å². The monoisotopic (exact) mass is 178 g/mol. The third-order valence-corrected chi connectivity index (χ3v) is 2.79. The van der Waals surface area contributed by atoms with Crippen LogP contribution < -0.4 is 0 Å². The fraction of sp³-hybridized carbons (Fsp3) is 0.833. The standard InChI is InChI=1S/C6H14N2S2/c1-7(2)5-10-6(9)8(3)4/h5H2,1-4H3. The molecule has 0 aromatic rings.